The van der Waals surface area contributed by atoms with Gasteiger partial charge in [0.15, 0.2) is 5.82 Å². The zero-order valence-corrected chi connectivity index (χ0v) is 16.8. The molecule has 1 unspecified atom stereocenters. The fourth-order valence-corrected chi connectivity index (χ4v) is 3.76. The van der Waals surface area contributed by atoms with Crippen molar-refractivity contribution in [3.05, 3.63) is 65.6 Å². The van der Waals surface area contributed by atoms with Crippen molar-refractivity contribution in [2.45, 2.75) is 37.3 Å². The predicted molar refractivity (Wildman–Crippen MR) is 111 cm³/mol. The number of rotatable bonds is 6. The average Bonchev–Trinajstić information content (AvgIpc) is 3.02. The molecule has 2 heterocycles. The van der Waals surface area contributed by atoms with Crippen LogP contribution in [-0.2, 0) is 0 Å². The lowest BCUT2D eigenvalue weighted by atomic mass is 10.2. The minimum absolute atomic E-state index is 0.143. The zero-order valence-electron chi connectivity index (χ0n) is 16.0. The van der Waals surface area contributed by atoms with Crippen molar-refractivity contribution in [2.75, 3.05) is 5.32 Å². The highest BCUT2D eigenvalue weighted by Gasteiger charge is 2.13. The Morgan fingerprint density at radius 3 is 2.71 bits per heavy atom. The molecule has 28 heavy (non-hydrogen) atoms. The lowest BCUT2D eigenvalue weighted by Crippen LogP contribution is -2.13. The third-order valence-corrected chi connectivity index (χ3v) is 5.26. The second-order valence-corrected chi connectivity index (χ2v) is 7.97. The maximum Gasteiger partial charge on any atom is 0.257 e. The first kappa shape index (κ1) is 19.6. The van der Waals surface area contributed by atoms with Crippen LogP contribution in [0.2, 0.25) is 0 Å². The summed E-state index contributed by atoms with van der Waals surface area (Å²) >= 11 is 1.57. The van der Waals surface area contributed by atoms with Gasteiger partial charge in [0.25, 0.3) is 5.91 Å². The molecule has 2 aromatic heterocycles. The van der Waals surface area contributed by atoms with E-state index in [0.717, 1.165) is 22.0 Å². The summed E-state index contributed by atoms with van der Waals surface area (Å²) in [6, 6.07) is 15.3. The van der Waals surface area contributed by atoms with Crippen LogP contribution in [0.15, 0.2) is 53.6 Å². The number of aromatic nitrogens is 3. The van der Waals surface area contributed by atoms with Crippen LogP contribution >= 0.6 is 11.8 Å². The molecule has 1 N–H and O–H groups in total. The molecule has 7 heteroatoms. The molecule has 0 radical (unpaired) electrons. The van der Waals surface area contributed by atoms with Crippen LogP contribution in [0.3, 0.4) is 0 Å². The lowest BCUT2D eigenvalue weighted by Gasteiger charge is -2.13. The Labute approximate surface area is 168 Å². The number of pyridine rings is 1. The van der Waals surface area contributed by atoms with Gasteiger partial charge in [-0.05, 0) is 44.2 Å². The van der Waals surface area contributed by atoms with Gasteiger partial charge >= 0.3 is 0 Å². The molecule has 6 nitrogen and oxygen atoms in total. The maximum absolute atomic E-state index is 12.7. The number of thioether (sulfide) groups is 1. The molecule has 0 bridgehead atoms. The van der Waals surface area contributed by atoms with Crippen molar-refractivity contribution < 1.29 is 4.79 Å². The molecule has 1 amide bonds. The zero-order chi connectivity index (χ0) is 20.1. The number of amides is 1. The van der Waals surface area contributed by atoms with E-state index in [0.29, 0.717) is 17.8 Å². The Hall–Kier alpha value is -3.11. The Bertz CT molecular complexity index is 1020. The van der Waals surface area contributed by atoms with Gasteiger partial charge in [0.2, 0.25) is 0 Å². The smallest absolute Gasteiger partial charge is 0.257 e. The Balaban J connectivity index is 1.75. The molecule has 3 rings (SSSR count). The van der Waals surface area contributed by atoms with Gasteiger partial charge in [-0.1, -0.05) is 19.1 Å². The van der Waals surface area contributed by atoms with Gasteiger partial charge in [0.05, 0.1) is 23.0 Å². The minimum Gasteiger partial charge on any atom is -0.321 e. The number of nitrogens with one attached hydrogen (secondary N) is 1. The van der Waals surface area contributed by atoms with Crippen LogP contribution in [0.1, 0.15) is 35.1 Å². The molecular formula is C21H21N5OS. The summed E-state index contributed by atoms with van der Waals surface area (Å²) in [6.07, 6.45) is 2.00. The van der Waals surface area contributed by atoms with E-state index < -0.39 is 0 Å². The van der Waals surface area contributed by atoms with Crippen molar-refractivity contribution in [2.24, 2.45) is 0 Å². The molecule has 0 saturated heterocycles. The number of para-hydroxylation sites is 1. The summed E-state index contributed by atoms with van der Waals surface area (Å²) in [7, 11) is 0. The van der Waals surface area contributed by atoms with Gasteiger partial charge in [-0.3, -0.25) is 4.79 Å². The van der Waals surface area contributed by atoms with Crippen molar-refractivity contribution >= 4 is 23.4 Å². The molecule has 0 aliphatic rings. The second kappa shape index (κ2) is 8.72. The molecule has 3 aromatic rings. The summed E-state index contributed by atoms with van der Waals surface area (Å²) < 4.78 is 1.75. The largest absolute Gasteiger partial charge is 0.321 e. The number of hydrogen-bond donors (Lipinski definition) is 1. The summed E-state index contributed by atoms with van der Waals surface area (Å²) in [5.74, 6) is 0.442. The second-order valence-electron chi connectivity index (χ2n) is 6.48. The van der Waals surface area contributed by atoms with Gasteiger partial charge in [-0.15, -0.1) is 11.8 Å². The third-order valence-electron chi connectivity index (χ3n) is 4.08. The number of nitrogens with zero attached hydrogens (tertiary/aromatic N) is 4. The first-order chi connectivity index (χ1) is 13.5. The third kappa shape index (κ3) is 4.59. The number of carbonyl (C=O) groups excluding carboxylic acids is 1. The van der Waals surface area contributed by atoms with Gasteiger partial charge in [0, 0.05) is 28.5 Å². The van der Waals surface area contributed by atoms with Crippen LogP contribution in [0.25, 0.3) is 5.82 Å². The van der Waals surface area contributed by atoms with Gasteiger partial charge < -0.3 is 5.32 Å². The van der Waals surface area contributed by atoms with Gasteiger partial charge in [0.1, 0.15) is 0 Å². The van der Waals surface area contributed by atoms with Crippen LogP contribution < -0.4 is 5.32 Å². The van der Waals surface area contributed by atoms with Gasteiger partial charge in [-0.25, -0.2) is 9.67 Å². The summed E-state index contributed by atoms with van der Waals surface area (Å²) in [6.45, 7) is 5.89. The number of benzene rings is 1. The van der Waals surface area contributed by atoms with Crippen LogP contribution in [0.5, 0.6) is 0 Å². The normalized spacial score (nSPS) is 11.6. The Morgan fingerprint density at radius 1 is 1.29 bits per heavy atom. The number of carbonyl (C=O) groups is 1. The topological polar surface area (TPSA) is 83.6 Å². The van der Waals surface area contributed by atoms with Crippen LogP contribution in [-0.4, -0.2) is 25.9 Å². The fraction of sp³-hybridized carbons (Fsp3) is 0.238. The van der Waals surface area contributed by atoms with E-state index in [2.05, 4.69) is 21.5 Å². The highest BCUT2D eigenvalue weighted by molar-refractivity contribution is 8.00. The van der Waals surface area contributed by atoms with E-state index in [1.807, 2.05) is 51.1 Å². The van der Waals surface area contributed by atoms with Crippen LogP contribution in [0.4, 0.5) is 5.69 Å². The molecule has 0 aliphatic carbocycles. The molecule has 0 saturated carbocycles. The van der Waals surface area contributed by atoms with Crippen molar-refractivity contribution in [3.8, 4) is 11.9 Å². The number of nitriles is 1. The lowest BCUT2D eigenvalue weighted by molar-refractivity contribution is 0.102. The number of hydrogen-bond acceptors (Lipinski definition) is 5. The molecule has 1 aromatic carbocycles. The highest BCUT2D eigenvalue weighted by Crippen LogP contribution is 2.31. The summed E-state index contributed by atoms with van der Waals surface area (Å²) in [5.41, 5.74) is 3.10. The highest BCUT2D eigenvalue weighted by atomic mass is 32.2. The Morgan fingerprint density at radius 2 is 2.07 bits per heavy atom. The molecule has 142 valence electrons. The van der Waals surface area contributed by atoms with Crippen molar-refractivity contribution in [1.82, 2.24) is 14.8 Å². The first-order valence-electron chi connectivity index (χ1n) is 8.91. The average molecular weight is 392 g/mol. The molecule has 0 aliphatic heterocycles. The van der Waals surface area contributed by atoms with E-state index >= 15 is 0 Å². The molecule has 0 spiro atoms. The van der Waals surface area contributed by atoms with Crippen molar-refractivity contribution in [3.63, 3.8) is 0 Å². The molecular weight excluding hydrogens is 370 g/mol. The first-order valence-corrected chi connectivity index (χ1v) is 9.79. The van der Waals surface area contributed by atoms with Crippen molar-refractivity contribution in [1.29, 1.82) is 5.26 Å². The number of anilines is 1. The monoisotopic (exact) mass is 391 g/mol. The number of aryl methyl sites for hydroxylation is 2. The minimum atomic E-state index is -0.228. The van der Waals surface area contributed by atoms with E-state index in [-0.39, 0.29) is 11.2 Å². The van der Waals surface area contributed by atoms with E-state index in [9.17, 15) is 4.79 Å². The Kier molecular flexibility index (Phi) is 6.12. The molecule has 1 atom stereocenters. The summed E-state index contributed by atoms with van der Waals surface area (Å²) in [5, 5.41) is 16.3. The van der Waals surface area contributed by atoms with E-state index in [4.69, 9.17) is 5.26 Å². The van der Waals surface area contributed by atoms with Gasteiger partial charge in [-0.2, -0.15) is 10.4 Å². The SMILES string of the molecule is Cc1cc(C)n(-c2ccc(C(=O)Nc3ccccc3SC(C)CC#N)cn2)n1. The standard InChI is InChI=1S/C21H21N5OS/c1-14-12-15(2)26(25-14)20-9-8-17(13-23-20)21(27)24-18-6-4-5-7-19(18)28-16(3)10-11-22/h4-9,12-13,16H,10H2,1-3H3,(H,24,27). The molecule has 0 fully saturated rings. The van der Waals surface area contributed by atoms with E-state index in [1.165, 1.54) is 0 Å². The van der Waals surface area contributed by atoms with E-state index in [1.54, 1.807) is 34.8 Å². The fourth-order valence-electron chi connectivity index (χ4n) is 2.76. The van der Waals surface area contributed by atoms with Crippen LogP contribution in [0, 0.1) is 25.2 Å². The maximum atomic E-state index is 12.7. The predicted octanol–water partition coefficient (Wildman–Crippen LogP) is 4.53. The summed E-state index contributed by atoms with van der Waals surface area (Å²) in [4.78, 5) is 18.0. The quantitative estimate of drug-likeness (QED) is 0.624.